The van der Waals surface area contributed by atoms with Crippen molar-refractivity contribution in [2.75, 3.05) is 0 Å². The maximum Gasteiger partial charge on any atom is 0.324 e. The first-order valence-corrected chi connectivity index (χ1v) is 7.33. The van der Waals surface area contributed by atoms with Gasteiger partial charge in [0, 0.05) is 12.6 Å². The van der Waals surface area contributed by atoms with Crippen LogP contribution in [0, 0.1) is 10.1 Å². The van der Waals surface area contributed by atoms with Gasteiger partial charge >= 0.3 is 5.00 Å². The Labute approximate surface area is 116 Å². The maximum atomic E-state index is 10.7. The number of thiophene rings is 1. The van der Waals surface area contributed by atoms with Crippen LogP contribution in [0.15, 0.2) is 12.1 Å². The first-order chi connectivity index (χ1) is 8.67. The normalized spacial score (nSPS) is 10.8. The molecular weight excluding hydrogens is 320 g/mol. The molecule has 0 radical (unpaired) electrons. The molecule has 0 saturated carbocycles. The fourth-order valence-electron chi connectivity index (χ4n) is 1.62. The Morgan fingerprint density at radius 2 is 2.28 bits per heavy atom. The predicted molar refractivity (Wildman–Crippen MR) is 72.9 cm³/mol. The van der Waals surface area contributed by atoms with Crippen molar-refractivity contribution < 1.29 is 4.92 Å². The second kappa shape index (κ2) is 5.57. The van der Waals surface area contributed by atoms with Crippen LogP contribution in [0.3, 0.4) is 0 Å². The van der Waals surface area contributed by atoms with Crippen LogP contribution in [0.1, 0.15) is 19.2 Å². The van der Waals surface area contributed by atoms with E-state index in [0.717, 1.165) is 35.0 Å². The van der Waals surface area contributed by atoms with Crippen LogP contribution in [0.25, 0.3) is 10.7 Å². The SMILES string of the molecule is CCCn1c(CBr)nnc1-c1ccc([N+](=O)[O-])s1. The average molecular weight is 331 g/mol. The van der Waals surface area contributed by atoms with Gasteiger partial charge in [-0.05, 0) is 12.5 Å². The molecule has 0 fully saturated rings. The van der Waals surface area contributed by atoms with Crippen molar-refractivity contribution in [2.24, 2.45) is 0 Å². The van der Waals surface area contributed by atoms with E-state index in [-0.39, 0.29) is 9.92 Å². The minimum Gasteiger partial charge on any atom is -0.310 e. The number of rotatable bonds is 5. The molecule has 0 aliphatic rings. The summed E-state index contributed by atoms with van der Waals surface area (Å²) in [6, 6.07) is 3.22. The molecule has 0 unspecified atom stereocenters. The van der Waals surface area contributed by atoms with Crippen molar-refractivity contribution in [2.45, 2.75) is 25.2 Å². The molecule has 0 aliphatic carbocycles. The number of nitrogens with zero attached hydrogens (tertiary/aromatic N) is 4. The fraction of sp³-hybridized carbons (Fsp3) is 0.400. The lowest BCUT2D eigenvalue weighted by molar-refractivity contribution is -0.380. The molecule has 0 N–H and O–H groups in total. The van der Waals surface area contributed by atoms with Gasteiger partial charge in [-0.3, -0.25) is 10.1 Å². The topological polar surface area (TPSA) is 73.8 Å². The van der Waals surface area contributed by atoms with E-state index >= 15 is 0 Å². The van der Waals surface area contributed by atoms with E-state index in [4.69, 9.17) is 0 Å². The van der Waals surface area contributed by atoms with E-state index in [0.29, 0.717) is 11.2 Å². The molecular formula is C10H11BrN4O2S. The molecule has 2 aromatic heterocycles. The van der Waals surface area contributed by atoms with Crippen LogP contribution >= 0.6 is 27.3 Å². The Morgan fingerprint density at radius 1 is 1.50 bits per heavy atom. The molecule has 8 heteroatoms. The Hall–Kier alpha value is -1.28. The number of alkyl halides is 1. The van der Waals surface area contributed by atoms with Crippen LogP contribution in [0.4, 0.5) is 5.00 Å². The molecule has 0 saturated heterocycles. The third-order valence-corrected chi connectivity index (χ3v) is 3.92. The molecule has 2 rings (SSSR count). The molecule has 2 heterocycles. The van der Waals surface area contributed by atoms with E-state index in [1.807, 2.05) is 4.57 Å². The zero-order valence-corrected chi connectivity index (χ0v) is 12.1. The van der Waals surface area contributed by atoms with Gasteiger partial charge in [0.1, 0.15) is 5.82 Å². The average Bonchev–Trinajstić information content (AvgIpc) is 2.95. The third kappa shape index (κ3) is 2.44. The van der Waals surface area contributed by atoms with Gasteiger partial charge in [0.15, 0.2) is 5.82 Å². The zero-order valence-electron chi connectivity index (χ0n) is 9.67. The first-order valence-electron chi connectivity index (χ1n) is 5.40. The van der Waals surface area contributed by atoms with E-state index in [1.165, 1.54) is 6.07 Å². The summed E-state index contributed by atoms with van der Waals surface area (Å²) in [7, 11) is 0. The van der Waals surface area contributed by atoms with Crippen LogP contribution in [0.2, 0.25) is 0 Å². The second-order valence-corrected chi connectivity index (χ2v) is 5.24. The summed E-state index contributed by atoms with van der Waals surface area (Å²) in [6.07, 6.45) is 0.957. The van der Waals surface area contributed by atoms with E-state index in [2.05, 4.69) is 33.1 Å². The Balaban J connectivity index is 2.42. The highest BCUT2D eigenvalue weighted by Crippen LogP contribution is 2.32. The Morgan fingerprint density at radius 3 is 2.83 bits per heavy atom. The highest BCUT2D eigenvalue weighted by Gasteiger charge is 2.17. The third-order valence-electron chi connectivity index (χ3n) is 2.39. The Bertz CT molecular complexity index is 566. The van der Waals surface area contributed by atoms with Crippen LogP contribution < -0.4 is 0 Å². The molecule has 96 valence electrons. The zero-order chi connectivity index (χ0) is 13.1. The quantitative estimate of drug-likeness (QED) is 0.479. The smallest absolute Gasteiger partial charge is 0.310 e. The summed E-state index contributed by atoms with van der Waals surface area (Å²) in [6.45, 7) is 2.87. The molecule has 18 heavy (non-hydrogen) atoms. The fourth-order valence-corrected chi connectivity index (χ4v) is 2.85. The second-order valence-electron chi connectivity index (χ2n) is 3.62. The molecule has 2 aromatic rings. The standard InChI is InChI=1S/C10H11BrN4O2S/c1-2-5-14-8(6-11)12-13-10(14)7-3-4-9(18-7)15(16)17/h3-4H,2,5-6H2,1H3. The maximum absolute atomic E-state index is 10.7. The summed E-state index contributed by atoms with van der Waals surface area (Å²) in [5.41, 5.74) is 0. The van der Waals surface area contributed by atoms with Crippen LogP contribution in [-0.2, 0) is 11.9 Å². The van der Waals surface area contributed by atoms with Gasteiger partial charge in [0.25, 0.3) is 0 Å². The number of aromatic nitrogens is 3. The lowest BCUT2D eigenvalue weighted by atomic mass is 10.4. The highest BCUT2D eigenvalue weighted by molar-refractivity contribution is 9.08. The molecule has 0 aliphatic heterocycles. The molecule has 0 atom stereocenters. The number of nitro groups is 1. The lowest BCUT2D eigenvalue weighted by Gasteiger charge is -2.05. The van der Waals surface area contributed by atoms with Gasteiger partial charge in [-0.15, -0.1) is 10.2 Å². The van der Waals surface area contributed by atoms with Crippen LogP contribution in [0.5, 0.6) is 0 Å². The summed E-state index contributed by atoms with van der Waals surface area (Å²) < 4.78 is 1.99. The van der Waals surface area contributed by atoms with Gasteiger partial charge in [-0.2, -0.15) is 0 Å². The van der Waals surface area contributed by atoms with Gasteiger partial charge in [0.05, 0.1) is 15.1 Å². The monoisotopic (exact) mass is 330 g/mol. The summed E-state index contributed by atoms with van der Waals surface area (Å²) in [5.74, 6) is 1.53. The highest BCUT2D eigenvalue weighted by atomic mass is 79.9. The van der Waals surface area contributed by atoms with E-state index < -0.39 is 0 Å². The summed E-state index contributed by atoms with van der Waals surface area (Å²) in [5, 5.41) is 19.6. The van der Waals surface area contributed by atoms with Crippen molar-refractivity contribution in [3.8, 4) is 10.7 Å². The molecule has 0 spiro atoms. The predicted octanol–water partition coefficient (Wildman–Crippen LogP) is 3.22. The first kappa shape index (κ1) is 13.2. The van der Waals surface area contributed by atoms with Gasteiger partial charge in [-0.1, -0.05) is 34.2 Å². The van der Waals surface area contributed by atoms with Gasteiger partial charge < -0.3 is 4.57 Å². The van der Waals surface area contributed by atoms with Crippen molar-refractivity contribution >= 4 is 32.3 Å². The van der Waals surface area contributed by atoms with Crippen molar-refractivity contribution in [1.29, 1.82) is 0 Å². The minimum atomic E-state index is -0.389. The summed E-state index contributed by atoms with van der Waals surface area (Å²) >= 11 is 4.48. The van der Waals surface area contributed by atoms with Crippen molar-refractivity contribution in [1.82, 2.24) is 14.8 Å². The molecule has 6 nitrogen and oxygen atoms in total. The molecule has 0 bridgehead atoms. The van der Waals surface area contributed by atoms with E-state index in [1.54, 1.807) is 6.07 Å². The number of hydrogen-bond acceptors (Lipinski definition) is 5. The van der Waals surface area contributed by atoms with Crippen molar-refractivity contribution in [3.63, 3.8) is 0 Å². The van der Waals surface area contributed by atoms with E-state index in [9.17, 15) is 10.1 Å². The van der Waals surface area contributed by atoms with Gasteiger partial charge in [-0.25, -0.2) is 0 Å². The largest absolute Gasteiger partial charge is 0.324 e. The summed E-state index contributed by atoms with van der Waals surface area (Å²) in [4.78, 5) is 11.1. The molecule has 0 amide bonds. The lowest BCUT2D eigenvalue weighted by Crippen LogP contribution is -2.03. The van der Waals surface area contributed by atoms with Gasteiger partial charge in [0.2, 0.25) is 0 Å². The number of halogens is 1. The number of hydrogen-bond donors (Lipinski definition) is 0. The van der Waals surface area contributed by atoms with Crippen LogP contribution in [-0.4, -0.2) is 19.7 Å². The minimum absolute atomic E-state index is 0.122. The molecule has 0 aromatic carbocycles. The van der Waals surface area contributed by atoms with Crippen molar-refractivity contribution in [3.05, 3.63) is 28.1 Å². The Kier molecular flexibility index (Phi) is 4.07.